The number of piperidine rings is 1. The zero-order valence-electron chi connectivity index (χ0n) is 17.4. The number of amides is 1. The van der Waals surface area contributed by atoms with Gasteiger partial charge in [0.15, 0.2) is 0 Å². The molecule has 2 atom stereocenters. The van der Waals surface area contributed by atoms with Gasteiger partial charge in [-0.2, -0.15) is 0 Å². The normalized spacial score (nSPS) is 18.7. The standard InChI is InChI=1S/C24H32N2O3/c1-18-9-3-5-12-22(18)29-23-13-6-4-11-21(23)24(28,14-8-16-26-19(2)27)20-10-7-15-25-17-20/h3-6,9,11-13,20,25,28H,7-8,10,14-17H2,1-2H3,(H,26,27)/t20-,24?/m1/s1. The molecule has 1 amide bonds. The van der Waals surface area contributed by atoms with E-state index in [2.05, 4.69) is 10.6 Å². The number of hydrogen-bond donors (Lipinski definition) is 3. The topological polar surface area (TPSA) is 70.6 Å². The maximum atomic E-state index is 12.0. The van der Waals surface area contributed by atoms with Gasteiger partial charge in [-0.05, 0) is 56.8 Å². The summed E-state index contributed by atoms with van der Waals surface area (Å²) in [5.74, 6) is 1.53. The zero-order valence-corrected chi connectivity index (χ0v) is 17.4. The van der Waals surface area contributed by atoms with Gasteiger partial charge in [0.2, 0.25) is 5.91 Å². The third-order valence-electron chi connectivity index (χ3n) is 5.75. The van der Waals surface area contributed by atoms with Crippen LogP contribution < -0.4 is 15.4 Å². The number of para-hydroxylation sites is 2. The summed E-state index contributed by atoms with van der Waals surface area (Å²) in [4.78, 5) is 11.2. The lowest BCUT2D eigenvalue weighted by atomic mass is 9.74. The van der Waals surface area contributed by atoms with Crippen LogP contribution in [-0.4, -0.2) is 30.6 Å². The molecule has 1 unspecified atom stereocenters. The second-order valence-corrected chi connectivity index (χ2v) is 7.92. The Labute approximate surface area is 173 Å². The summed E-state index contributed by atoms with van der Waals surface area (Å²) in [7, 11) is 0. The van der Waals surface area contributed by atoms with Crippen molar-refractivity contribution in [2.75, 3.05) is 19.6 Å². The number of benzene rings is 2. The Hall–Kier alpha value is -2.37. The average Bonchev–Trinajstić information content (AvgIpc) is 2.73. The quantitative estimate of drug-likeness (QED) is 0.592. The molecule has 5 nitrogen and oxygen atoms in total. The molecule has 2 aromatic carbocycles. The molecule has 1 saturated heterocycles. The molecule has 29 heavy (non-hydrogen) atoms. The number of aliphatic hydroxyl groups is 1. The van der Waals surface area contributed by atoms with Crippen LogP contribution in [0.5, 0.6) is 11.5 Å². The van der Waals surface area contributed by atoms with Crippen LogP contribution in [0.1, 0.15) is 43.7 Å². The maximum Gasteiger partial charge on any atom is 0.216 e. The van der Waals surface area contributed by atoms with Crippen LogP contribution in [0.15, 0.2) is 48.5 Å². The molecule has 0 spiro atoms. The van der Waals surface area contributed by atoms with Crippen LogP contribution in [0.2, 0.25) is 0 Å². The van der Waals surface area contributed by atoms with E-state index in [1.807, 2.05) is 55.5 Å². The third-order valence-corrected chi connectivity index (χ3v) is 5.75. The van der Waals surface area contributed by atoms with Crippen LogP contribution in [0.3, 0.4) is 0 Å². The fourth-order valence-electron chi connectivity index (χ4n) is 4.14. The first-order valence-electron chi connectivity index (χ1n) is 10.5. The Morgan fingerprint density at radius 1 is 1.21 bits per heavy atom. The molecule has 0 radical (unpaired) electrons. The highest BCUT2D eigenvalue weighted by Crippen LogP contribution is 2.43. The highest BCUT2D eigenvalue weighted by Gasteiger charge is 2.40. The monoisotopic (exact) mass is 396 g/mol. The molecule has 1 fully saturated rings. The predicted molar refractivity (Wildman–Crippen MR) is 115 cm³/mol. The molecule has 0 aromatic heterocycles. The van der Waals surface area contributed by atoms with E-state index in [1.165, 1.54) is 6.92 Å². The van der Waals surface area contributed by atoms with E-state index in [9.17, 15) is 9.90 Å². The summed E-state index contributed by atoms with van der Waals surface area (Å²) in [6, 6.07) is 15.7. The zero-order chi connectivity index (χ0) is 20.7. The van der Waals surface area contributed by atoms with Gasteiger partial charge in [0.05, 0.1) is 5.60 Å². The predicted octanol–water partition coefficient (Wildman–Crippen LogP) is 3.89. The lowest BCUT2D eigenvalue weighted by molar-refractivity contribution is -0.119. The molecule has 1 aliphatic heterocycles. The Bertz CT molecular complexity index is 817. The second-order valence-electron chi connectivity index (χ2n) is 7.92. The van der Waals surface area contributed by atoms with Crippen LogP contribution in [0.4, 0.5) is 0 Å². The Morgan fingerprint density at radius 2 is 1.93 bits per heavy atom. The van der Waals surface area contributed by atoms with Crippen LogP contribution in [-0.2, 0) is 10.4 Å². The number of hydrogen-bond acceptors (Lipinski definition) is 4. The second kappa shape index (κ2) is 9.90. The molecule has 1 heterocycles. The van der Waals surface area contributed by atoms with E-state index >= 15 is 0 Å². The fourth-order valence-corrected chi connectivity index (χ4v) is 4.14. The Balaban J connectivity index is 1.90. The summed E-state index contributed by atoms with van der Waals surface area (Å²) in [5.41, 5.74) is 0.848. The van der Waals surface area contributed by atoms with Crippen molar-refractivity contribution in [3.63, 3.8) is 0 Å². The van der Waals surface area contributed by atoms with E-state index in [1.54, 1.807) is 0 Å². The molecule has 3 N–H and O–H groups in total. The van der Waals surface area contributed by atoms with E-state index in [4.69, 9.17) is 4.74 Å². The van der Waals surface area contributed by atoms with E-state index in [0.29, 0.717) is 25.1 Å². The molecule has 5 heteroatoms. The lowest BCUT2D eigenvalue weighted by Gasteiger charge is -2.40. The molecule has 2 aromatic rings. The minimum Gasteiger partial charge on any atom is -0.457 e. The van der Waals surface area contributed by atoms with E-state index in [-0.39, 0.29) is 11.8 Å². The molecular weight excluding hydrogens is 364 g/mol. The molecule has 156 valence electrons. The summed E-state index contributed by atoms with van der Waals surface area (Å²) < 4.78 is 6.27. The van der Waals surface area contributed by atoms with Crippen molar-refractivity contribution in [1.82, 2.24) is 10.6 Å². The minimum absolute atomic E-state index is 0.0452. The van der Waals surface area contributed by atoms with Crippen molar-refractivity contribution in [2.45, 2.75) is 45.1 Å². The first-order valence-corrected chi connectivity index (χ1v) is 10.5. The highest BCUT2D eigenvalue weighted by molar-refractivity contribution is 5.72. The van der Waals surface area contributed by atoms with Crippen molar-refractivity contribution in [3.8, 4) is 11.5 Å². The lowest BCUT2D eigenvalue weighted by Crippen LogP contribution is -2.44. The van der Waals surface area contributed by atoms with Gasteiger partial charge >= 0.3 is 0 Å². The number of rotatable bonds is 8. The van der Waals surface area contributed by atoms with Gasteiger partial charge in [-0.1, -0.05) is 36.4 Å². The number of nitrogens with one attached hydrogen (secondary N) is 2. The van der Waals surface area contributed by atoms with E-state index < -0.39 is 5.60 Å². The maximum absolute atomic E-state index is 12.0. The third kappa shape index (κ3) is 5.37. The first-order chi connectivity index (χ1) is 14.0. The summed E-state index contributed by atoms with van der Waals surface area (Å²) in [6.45, 7) is 5.85. The van der Waals surface area contributed by atoms with Gasteiger partial charge in [0.25, 0.3) is 0 Å². The largest absolute Gasteiger partial charge is 0.457 e. The molecular formula is C24H32N2O3. The Kier molecular flexibility index (Phi) is 7.29. The molecule has 1 aliphatic rings. The van der Waals surface area contributed by atoms with Crippen LogP contribution in [0, 0.1) is 12.8 Å². The van der Waals surface area contributed by atoms with Gasteiger partial charge in [0.1, 0.15) is 11.5 Å². The number of aryl methyl sites for hydroxylation is 1. The number of carbonyl (C=O) groups is 1. The number of ether oxygens (including phenoxy) is 1. The first kappa shape index (κ1) is 21.3. The SMILES string of the molecule is CC(=O)NCCCC(O)(c1ccccc1Oc1ccccc1C)[C@@H]1CCCNC1. The van der Waals surface area contributed by atoms with Gasteiger partial charge in [0, 0.05) is 31.5 Å². The van der Waals surface area contributed by atoms with Crippen molar-refractivity contribution in [1.29, 1.82) is 0 Å². The molecule has 0 bridgehead atoms. The van der Waals surface area contributed by atoms with Gasteiger partial charge in [-0.3, -0.25) is 4.79 Å². The number of carbonyl (C=O) groups excluding carboxylic acids is 1. The van der Waals surface area contributed by atoms with Crippen molar-refractivity contribution >= 4 is 5.91 Å². The highest BCUT2D eigenvalue weighted by atomic mass is 16.5. The summed E-state index contributed by atoms with van der Waals surface area (Å²) >= 11 is 0. The van der Waals surface area contributed by atoms with Gasteiger partial charge in [-0.15, -0.1) is 0 Å². The average molecular weight is 397 g/mol. The Morgan fingerprint density at radius 3 is 2.62 bits per heavy atom. The summed E-state index contributed by atoms with van der Waals surface area (Å²) in [6.07, 6.45) is 3.26. The fraction of sp³-hybridized carbons (Fsp3) is 0.458. The van der Waals surface area contributed by atoms with Crippen molar-refractivity contribution in [3.05, 3.63) is 59.7 Å². The van der Waals surface area contributed by atoms with E-state index in [0.717, 1.165) is 42.8 Å². The van der Waals surface area contributed by atoms with Gasteiger partial charge in [-0.25, -0.2) is 0 Å². The smallest absolute Gasteiger partial charge is 0.216 e. The molecule has 0 saturated carbocycles. The van der Waals surface area contributed by atoms with Crippen LogP contribution >= 0.6 is 0 Å². The summed E-state index contributed by atoms with van der Waals surface area (Å²) in [5, 5.41) is 18.2. The van der Waals surface area contributed by atoms with Crippen molar-refractivity contribution < 1.29 is 14.6 Å². The van der Waals surface area contributed by atoms with Crippen molar-refractivity contribution in [2.24, 2.45) is 5.92 Å². The van der Waals surface area contributed by atoms with Crippen LogP contribution in [0.25, 0.3) is 0 Å². The molecule has 3 rings (SSSR count). The van der Waals surface area contributed by atoms with Gasteiger partial charge < -0.3 is 20.5 Å². The minimum atomic E-state index is -1.02. The molecule has 0 aliphatic carbocycles.